The molecule has 0 saturated carbocycles. The van der Waals surface area contributed by atoms with Gasteiger partial charge in [0, 0.05) is 12.7 Å². The van der Waals surface area contributed by atoms with Gasteiger partial charge in [-0.1, -0.05) is 31.9 Å². The molecule has 2 heteroatoms. The molecule has 0 aliphatic carbocycles. The summed E-state index contributed by atoms with van der Waals surface area (Å²) in [6.07, 6.45) is 7.55. The predicted octanol–water partition coefficient (Wildman–Crippen LogP) is 3.55. The molecule has 0 bridgehead atoms. The number of anilines is 1. The van der Waals surface area contributed by atoms with E-state index in [9.17, 15) is 0 Å². The van der Waals surface area contributed by atoms with Crippen molar-refractivity contribution >= 4 is 5.69 Å². The Balaban J connectivity index is 2.05. The minimum absolute atomic E-state index is 0.955. The van der Waals surface area contributed by atoms with Gasteiger partial charge in [-0.05, 0) is 18.6 Å². The highest BCUT2D eigenvalue weighted by Crippen LogP contribution is 2.31. The highest BCUT2D eigenvalue weighted by Gasteiger charge is 2.12. The van der Waals surface area contributed by atoms with Crippen molar-refractivity contribution in [3.05, 3.63) is 36.7 Å². The molecule has 0 saturated heterocycles. The van der Waals surface area contributed by atoms with E-state index in [0.29, 0.717) is 0 Å². The van der Waals surface area contributed by atoms with E-state index in [-0.39, 0.29) is 0 Å². The van der Waals surface area contributed by atoms with Crippen molar-refractivity contribution in [2.75, 3.05) is 11.4 Å². The minimum atomic E-state index is 0.955. The zero-order valence-corrected chi connectivity index (χ0v) is 9.15. The lowest BCUT2D eigenvalue weighted by atomic mass is 10.2. The molecule has 15 heavy (non-hydrogen) atoms. The van der Waals surface area contributed by atoms with Crippen LogP contribution < -0.4 is 9.64 Å². The summed E-state index contributed by atoms with van der Waals surface area (Å²) in [7, 11) is 0. The molecule has 0 spiro atoms. The van der Waals surface area contributed by atoms with Gasteiger partial charge in [0.15, 0.2) is 0 Å². The van der Waals surface area contributed by atoms with Crippen molar-refractivity contribution in [3.63, 3.8) is 0 Å². The van der Waals surface area contributed by atoms with Crippen molar-refractivity contribution in [1.29, 1.82) is 0 Å². The van der Waals surface area contributed by atoms with Crippen LogP contribution in [0.15, 0.2) is 36.7 Å². The van der Waals surface area contributed by atoms with Crippen LogP contribution in [0.1, 0.15) is 26.2 Å². The summed E-state index contributed by atoms with van der Waals surface area (Å²) in [6, 6.07) is 8.16. The highest BCUT2D eigenvalue weighted by molar-refractivity contribution is 5.61. The first-order valence-corrected chi connectivity index (χ1v) is 5.61. The topological polar surface area (TPSA) is 12.5 Å². The number of nitrogens with zero attached hydrogens (tertiary/aromatic N) is 1. The van der Waals surface area contributed by atoms with Gasteiger partial charge in [0.25, 0.3) is 0 Å². The van der Waals surface area contributed by atoms with Crippen LogP contribution in [-0.4, -0.2) is 6.54 Å². The molecule has 0 fully saturated rings. The molecule has 1 aromatic carbocycles. The Morgan fingerprint density at radius 3 is 2.93 bits per heavy atom. The molecule has 0 atom stereocenters. The molecule has 0 radical (unpaired) electrons. The normalized spacial score (nSPS) is 13.5. The third kappa shape index (κ3) is 2.32. The lowest BCUT2D eigenvalue weighted by Crippen LogP contribution is -2.20. The lowest BCUT2D eigenvalue weighted by Gasteiger charge is -2.25. The van der Waals surface area contributed by atoms with Crippen molar-refractivity contribution in [2.45, 2.75) is 26.2 Å². The molecule has 0 unspecified atom stereocenters. The second-order valence-electron chi connectivity index (χ2n) is 3.77. The summed E-state index contributed by atoms with van der Waals surface area (Å²) < 4.78 is 5.44. The van der Waals surface area contributed by atoms with Gasteiger partial charge in [-0.15, -0.1) is 0 Å². The Kier molecular flexibility index (Phi) is 3.28. The standard InChI is InChI=1S/C13H17NO/c1-2-3-6-9-14-10-11-15-13-8-5-4-7-12(13)14/h4-5,7-8,10-11H,2-3,6,9H2,1H3. The smallest absolute Gasteiger partial charge is 0.150 e. The van der Waals surface area contributed by atoms with Crippen LogP contribution in [0.25, 0.3) is 0 Å². The van der Waals surface area contributed by atoms with Crippen LogP contribution in [0.3, 0.4) is 0 Å². The molecular formula is C13H17NO. The van der Waals surface area contributed by atoms with Gasteiger partial charge in [0.1, 0.15) is 12.0 Å². The molecular weight excluding hydrogens is 186 g/mol. The van der Waals surface area contributed by atoms with Gasteiger partial charge < -0.3 is 9.64 Å². The van der Waals surface area contributed by atoms with Gasteiger partial charge in [0.2, 0.25) is 0 Å². The minimum Gasteiger partial charge on any atom is -0.461 e. The average molecular weight is 203 g/mol. The summed E-state index contributed by atoms with van der Waals surface area (Å²) in [4.78, 5) is 2.26. The SMILES string of the molecule is CCCCCN1C=COc2ccccc21. The number of para-hydroxylation sites is 2. The molecule has 1 aromatic rings. The maximum atomic E-state index is 5.44. The Morgan fingerprint density at radius 1 is 1.20 bits per heavy atom. The average Bonchev–Trinajstić information content (AvgIpc) is 2.30. The molecule has 0 aromatic heterocycles. The van der Waals surface area contributed by atoms with E-state index in [1.54, 1.807) is 6.26 Å². The predicted molar refractivity (Wildman–Crippen MR) is 63.1 cm³/mol. The number of unbranched alkanes of at least 4 members (excludes halogenated alkanes) is 2. The second-order valence-corrected chi connectivity index (χ2v) is 3.77. The van der Waals surface area contributed by atoms with Gasteiger partial charge in [-0.3, -0.25) is 0 Å². The maximum absolute atomic E-state index is 5.44. The fourth-order valence-electron chi connectivity index (χ4n) is 1.78. The van der Waals surface area contributed by atoms with Crippen LogP contribution >= 0.6 is 0 Å². The van der Waals surface area contributed by atoms with Crippen LogP contribution in [0.4, 0.5) is 5.69 Å². The number of ether oxygens (including phenoxy) is 1. The van der Waals surface area contributed by atoms with Crippen LogP contribution in [0.2, 0.25) is 0 Å². The maximum Gasteiger partial charge on any atom is 0.150 e. The second kappa shape index (κ2) is 4.87. The lowest BCUT2D eigenvalue weighted by molar-refractivity contribution is 0.468. The monoisotopic (exact) mass is 203 g/mol. The van der Waals surface area contributed by atoms with E-state index in [1.165, 1.54) is 24.9 Å². The van der Waals surface area contributed by atoms with Crippen LogP contribution in [0, 0.1) is 0 Å². The van der Waals surface area contributed by atoms with Crippen molar-refractivity contribution in [3.8, 4) is 5.75 Å². The van der Waals surface area contributed by atoms with Gasteiger partial charge in [-0.2, -0.15) is 0 Å². The van der Waals surface area contributed by atoms with E-state index in [1.807, 2.05) is 24.4 Å². The third-order valence-electron chi connectivity index (χ3n) is 2.61. The zero-order valence-electron chi connectivity index (χ0n) is 9.15. The molecule has 2 nitrogen and oxygen atoms in total. The number of benzene rings is 1. The molecule has 80 valence electrons. The van der Waals surface area contributed by atoms with Crippen LogP contribution in [-0.2, 0) is 0 Å². The Labute approximate surface area is 91.2 Å². The molecule has 2 rings (SSSR count). The number of hydrogen-bond acceptors (Lipinski definition) is 2. The Bertz CT molecular complexity index is 346. The van der Waals surface area contributed by atoms with Gasteiger partial charge in [0.05, 0.1) is 5.69 Å². The van der Waals surface area contributed by atoms with Gasteiger partial charge >= 0.3 is 0 Å². The summed E-state index contributed by atoms with van der Waals surface area (Å²) in [5.41, 5.74) is 1.18. The quantitative estimate of drug-likeness (QED) is 0.694. The first-order valence-electron chi connectivity index (χ1n) is 5.61. The summed E-state index contributed by atoms with van der Waals surface area (Å²) in [6.45, 7) is 3.30. The van der Waals surface area contributed by atoms with E-state index in [0.717, 1.165) is 12.3 Å². The van der Waals surface area contributed by atoms with Crippen molar-refractivity contribution in [2.24, 2.45) is 0 Å². The highest BCUT2D eigenvalue weighted by atomic mass is 16.5. The molecule has 1 aliphatic heterocycles. The fraction of sp³-hybridized carbons (Fsp3) is 0.385. The molecule has 1 heterocycles. The Hall–Kier alpha value is -1.44. The van der Waals surface area contributed by atoms with Crippen molar-refractivity contribution in [1.82, 2.24) is 0 Å². The summed E-state index contributed by atoms with van der Waals surface area (Å²) >= 11 is 0. The third-order valence-corrected chi connectivity index (χ3v) is 2.61. The number of fused-ring (bicyclic) bond motifs is 1. The molecule has 0 N–H and O–H groups in total. The molecule has 0 amide bonds. The number of rotatable bonds is 4. The first kappa shape index (κ1) is 10.1. The van der Waals surface area contributed by atoms with Gasteiger partial charge in [-0.25, -0.2) is 0 Å². The van der Waals surface area contributed by atoms with Crippen molar-refractivity contribution < 1.29 is 4.74 Å². The van der Waals surface area contributed by atoms with E-state index < -0.39 is 0 Å². The molecule has 1 aliphatic rings. The summed E-state index contributed by atoms with van der Waals surface area (Å²) in [5.74, 6) is 0.955. The fourth-order valence-corrected chi connectivity index (χ4v) is 1.78. The number of hydrogen-bond donors (Lipinski definition) is 0. The zero-order chi connectivity index (χ0) is 10.5. The van der Waals surface area contributed by atoms with E-state index >= 15 is 0 Å². The van der Waals surface area contributed by atoms with E-state index in [4.69, 9.17) is 4.74 Å². The largest absolute Gasteiger partial charge is 0.461 e. The summed E-state index contributed by atoms with van der Waals surface area (Å²) in [5, 5.41) is 0. The van der Waals surface area contributed by atoms with E-state index in [2.05, 4.69) is 17.9 Å². The first-order chi connectivity index (χ1) is 7.42. The van der Waals surface area contributed by atoms with Crippen LogP contribution in [0.5, 0.6) is 5.75 Å². The Morgan fingerprint density at radius 2 is 2.07 bits per heavy atom.